The molecule has 1 aromatic rings. The molecule has 0 saturated carbocycles. The van der Waals surface area contributed by atoms with Crippen LogP contribution < -0.4 is 4.72 Å². The van der Waals surface area contributed by atoms with Gasteiger partial charge in [0.2, 0.25) is 0 Å². The average Bonchev–Trinajstić information content (AvgIpc) is 2.58. The number of likely N-dealkylation sites (N-methyl/N-ethyl adjacent to an activating group) is 1. The van der Waals surface area contributed by atoms with Gasteiger partial charge in [0.1, 0.15) is 0 Å². The fourth-order valence-electron chi connectivity index (χ4n) is 3.40. The maximum atomic E-state index is 12.8. The second-order valence-electron chi connectivity index (χ2n) is 6.58. The lowest BCUT2D eigenvalue weighted by Gasteiger charge is -2.35. The van der Waals surface area contributed by atoms with E-state index in [0.717, 1.165) is 18.7 Å². The minimum atomic E-state index is -3.53. The van der Waals surface area contributed by atoms with Crippen molar-refractivity contribution in [3.63, 3.8) is 0 Å². The Morgan fingerprint density at radius 1 is 1.16 bits per heavy atom. The van der Waals surface area contributed by atoms with Crippen LogP contribution in [0.1, 0.15) is 39.3 Å². The van der Waals surface area contributed by atoms with Crippen LogP contribution in [0.5, 0.6) is 0 Å². The van der Waals surface area contributed by atoms with Crippen molar-refractivity contribution in [1.82, 2.24) is 13.9 Å². The summed E-state index contributed by atoms with van der Waals surface area (Å²) in [5, 5.41) is 0. The van der Waals surface area contributed by atoms with Crippen molar-refractivity contribution >= 4 is 10.2 Å². The van der Waals surface area contributed by atoms with Gasteiger partial charge in [-0.05, 0) is 32.5 Å². The Kier molecular flexibility index (Phi) is 7.39. The summed E-state index contributed by atoms with van der Waals surface area (Å²) in [6.07, 6.45) is -0.180. The third-order valence-electron chi connectivity index (χ3n) is 4.62. The molecule has 7 heteroatoms. The van der Waals surface area contributed by atoms with Crippen LogP contribution in [0.4, 0.5) is 0 Å². The highest BCUT2D eigenvalue weighted by Gasteiger charge is 2.31. The van der Waals surface area contributed by atoms with E-state index >= 15 is 0 Å². The van der Waals surface area contributed by atoms with Gasteiger partial charge in [0.05, 0.1) is 12.2 Å². The van der Waals surface area contributed by atoms with E-state index in [1.165, 1.54) is 4.31 Å². The summed E-state index contributed by atoms with van der Waals surface area (Å²) >= 11 is 0. The molecule has 25 heavy (non-hydrogen) atoms. The number of ether oxygens (including phenoxy) is 1. The van der Waals surface area contributed by atoms with Crippen LogP contribution >= 0.6 is 0 Å². The molecule has 1 saturated heterocycles. The van der Waals surface area contributed by atoms with Crippen molar-refractivity contribution in [1.29, 1.82) is 0 Å². The predicted molar refractivity (Wildman–Crippen MR) is 101 cm³/mol. The number of hydrogen-bond donors (Lipinski definition) is 1. The fraction of sp³-hybridized carbons (Fsp3) is 0.667. The number of rotatable bonds is 8. The van der Waals surface area contributed by atoms with Crippen molar-refractivity contribution < 1.29 is 13.2 Å². The minimum Gasteiger partial charge on any atom is -0.373 e. The molecule has 0 amide bonds. The predicted octanol–water partition coefficient (Wildman–Crippen LogP) is 2.01. The Hall–Kier alpha value is -0.990. The summed E-state index contributed by atoms with van der Waals surface area (Å²) in [5.41, 5.74) is 1.12. The van der Waals surface area contributed by atoms with Crippen LogP contribution in [0, 0.1) is 0 Å². The van der Waals surface area contributed by atoms with E-state index < -0.39 is 10.2 Å². The fourth-order valence-corrected chi connectivity index (χ4v) is 4.76. The summed E-state index contributed by atoms with van der Waals surface area (Å²) < 4.78 is 35.5. The van der Waals surface area contributed by atoms with Crippen LogP contribution in [0.3, 0.4) is 0 Å². The first-order valence-corrected chi connectivity index (χ1v) is 10.5. The standard InChI is InChI=1S/C18H31N3O3S/c1-5-20(6-2)18(17-10-8-7-9-11-17)12-19-25(22,23)21-13-15(3)24-16(4)14-21/h7-11,15-16,18-19H,5-6,12-14H2,1-4H3. The Morgan fingerprint density at radius 2 is 1.72 bits per heavy atom. The van der Waals surface area contributed by atoms with Gasteiger partial charge in [0, 0.05) is 25.7 Å². The molecular formula is C18H31N3O3S. The van der Waals surface area contributed by atoms with Crippen molar-refractivity contribution in [2.75, 3.05) is 32.7 Å². The van der Waals surface area contributed by atoms with Crippen LogP contribution in [0.15, 0.2) is 30.3 Å². The van der Waals surface area contributed by atoms with Gasteiger partial charge in [-0.15, -0.1) is 0 Å². The second-order valence-corrected chi connectivity index (χ2v) is 8.33. The lowest BCUT2D eigenvalue weighted by molar-refractivity contribution is -0.0444. The maximum Gasteiger partial charge on any atom is 0.279 e. The van der Waals surface area contributed by atoms with Gasteiger partial charge in [-0.25, -0.2) is 4.72 Å². The monoisotopic (exact) mass is 369 g/mol. The van der Waals surface area contributed by atoms with Crippen molar-refractivity contribution in [2.24, 2.45) is 0 Å². The smallest absolute Gasteiger partial charge is 0.279 e. The third kappa shape index (κ3) is 5.49. The lowest BCUT2D eigenvalue weighted by Crippen LogP contribution is -2.53. The molecule has 0 bridgehead atoms. The molecule has 1 aliphatic rings. The molecule has 6 nitrogen and oxygen atoms in total. The Labute approximate surface area is 152 Å². The molecule has 0 aliphatic carbocycles. The highest BCUT2D eigenvalue weighted by atomic mass is 32.2. The first-order chi connectivity index (χ1) is 11.9. The molecule has 1 N–H and O–H groups in total. The number of nitrogens with one attached hydrogen (secondary N) is 1. The summed E-state index contributed by atoms with van der Waals surface area (Å²) in [6, 6.07) is 10.1. The molecule has 3 atom stereocenters. The van der Waals surface area contributed by atoms with E-state index in [-0.39, 0.29) is 18.2 Å². The molecule has 2 rings (SSSR count). The molecule has 1 aromatic carbocycles. The largest absolute Gasteiger partial charge is 0.373 e. The van der Waals surface area contributed by atoms with Gasteiger partial charge in [0.25, 0.3) is 10.2 Å². The average molecular weight is 370 g/mol. The van der Waals surface area contributed by atoms with Crippen LogP contribution in [0.25, 0.3) is 0 Å². The molecule has 142 valence electrons. The zero-order valence-electron chi connectivity index (χ0n) is 15.7. The van der Waals surface area contributed by atoms with E-state index in [1.807, 2.05) is 32.0 Å². The molecule has 1 heterocycles. The third-order valence-corrected chi connectivity index (χ3v) is 6.13. The maximum absolute atomic E-state index is 12.8. The van der Waals surface area contributed by atoms with Gasteiger partial charge >= 0.3 is 0 Å². The first kappa shape index (κ1) is 20.3. The Morgan fingerprint density at radius 3 is 2.24 bits per heavy atom. The highest BCUT2D eigenvalue weighted by molar-refractivity contribution is 7.87. The minimum absolute atomic E-state index is 0.0156. The van der Waals surface area contributed by atoms with Crippen LogP contribution in [0.2, 0.25) is 0 Å². The molecule has 1 aliphatic heterocycles. The Bertz CT molecular complexity index is 610. The van der Waals surface area contributed by atoms with Crippen molar-refractivity contribution in [2.45, 2.75) is 45.9 Å². The number of benzene rings is 1. The zero-order chi connectivity index (χ0) is 18.4. The molecule has 1 fully saturated rings. The molecule has 0 spiro atoms. The Balaban J connectivity index is 2.11. The number of nitrogens with zero attached hydrogens (tertiary/aromatic N) is 2. The molecule has 0 aromatic heterocycles. The second kappa shape index (κ2) is 9.09. The summed E-state index contributed by atoms with van der Waals surface area (Å²) in [5.74, 6) is 0. The first-order valence-electron chi connectivity index (χ1n) is 9.06. The van der Waals surface area contributed by atoms with Gasteiger partial charge in [-0.1, -0.05) is 44.2 Å². The van der Waals surface area contributed by atoms with E-state index in [2.05, 4.69) is 35.6 Å². The van der Waals surface area contributed by atoms with Crippen LogP contribution in [-0.2, 0) is 14.9 Å². The number of morpholine rings is 1. The summed E-state index contributed by atoms with van der Waals surface area (Å²) in [6.45, 7) is 10.9. The lowest BCUT2D eigenvalue weighted by atomic mass is 10.1. The SMILES string of the molecule is CCN(CC)C(CNS(=O)(=O)N1CC(C)OC(C)C1)c1ccccc1. The quantitative estimate of drug-likeness (QED) is 0.761. The van der Waals surface area contributed by atoms with Gasteiger partial charge in [-0.2, -0.15) is 12.7 Å². The van der Waals surface area contributed by atoms with Gasteiger partial charge in [0.15, 0.2) is 0 Å². The highest BCUT2D eigenvalue weighted by Crippen LogP contribution is 2.20. The van der Waals surface area contributed by atoms with Crippen molar-refractivity contribution in [3.8, 4) is 0 Å². The van der Waals surface area contributed by atoms with E-state index in [9.17, 15) is 8.42 Å². The van der Waals surface area contributed by atoms with Crippen molar-refractivity contribution in [3.05, 3.63) is 35.9 Å². The van der Waals surface area contributed by atoms with E-state index in [4.69, 9.17) is 4.74 Å². The topological polar surface area (TPSA) is 61.9 Å². The normalized spacial score (nSPS) is 23.7. The molecule has 0 radical (unpaired) electrons. The zero-order valence-corrected chi connectivity index (χ0v) is 16.5. The summed E-state index contributed by atoms with van der Waals surface area (Å²) in [4.78, 5) is 2.27. The van der Waals surface area contributed by atoms with E-state index in [1.54, 1.807) is 0 Å². The van der Waals surface area contributed by atoms with Gasteiger partial charge < -0.3 is 4.74 Å². The molecule has 3 unspecified atom stereocenters. The summed E-state index contributed by atoms with van der Waals surface area (Å²) in [7, 11) is -3.53. The van der Waals surface area contributed by atoms with Crippen LogP contribution in [-0.4, -0.2) is 62.6 Å². The number of hydrogen-bond acceptors (Lipinski definition) is 4. The van der Waals surface area contributed by atoms with E-state index in [0.29, 0.717) is 19.6 Å². The van der Waals surface area contributed by atoms with Gasteiger partial charge in [-0.3, -0.25) is 4.90 Å². The molecular weight excluding hydrogens is 338 g/mol.